The van der Waals surface area contributed by atoms with Crippen molar-refractivity contribution in [2.24, 2.45) is 5.16 Å². The van der Waals surface area contributed by atoms with Crippen LogP contribution in [-0.4, -0.2) is 80.0 Å². The number of nitrogens with zero attached hydrogens (tertiary/aromatic N) is 3. The first kappa shape index (κ1) is 23.0. The van der Waals surface area contributed by atoms with E-state index in [1.165, 1.54) is 35.5 Å². The van der Waals surface area contributed by atoms with E-state index in [1.54, 1.807) is 17.1 Å². The van der Waals surface area contributed by atoms with Crippen LogP contribution in [0.25, 0.3) is 0 Å². The molecule has 5 N–H and O–H groups in total. The molecule has 4 rings (SSSR count). The number of hydrogen-bond donors (Lipinski definition) is 4. The number of β-lactam (4-membered cyclic amide) rings is 1. The number of carbonyl (C=O) groups is 3. The highest BCUT2D eigenvalue weighted by molar-refractivity contribution is 8.19. The fourth-order valence-corrected chi connectivity index (χ4v) is 7.61. The van der Waals surface area contributed by atoms with E-state index in [0.29, 0.717) is 10.7 Å². The fraction of sp³-hybridized carbons (Fsp3) is 0.438. The Labute approximate surface area is 198 Å². The number of thiazole rings is 1. The third-order valence-corrected chi connectivity index (χ3v) is 9.18. The maximum Gasteiger partial charge on any atom is 0.512 e. The summed E-state index contributed by atoms with van der Waals surface area (Å²) in [6.07, 6.45) is -1.51. The highest BCUT2D eigenvalue weighted by atomic mass is 32.2. The van der Waals surface area contributed by atoms with E-state index in [0.717, 1.165) is 23.6 Å². The van der Waals surface area contributed by atoms with Gasteiger partial charge < -0.3 is 25.7 Å². The SMILES string of the molecule is CON=C(C(=O)N[C@@H]1C(=O)N2C(OC(=O)O)=C(SC3NCCS3)CS[C@@H]12)c1csc(N)n1. The van der Waals surface area contributed by atoms with Crippen molar-refractivity contribution in [2.45, 2.75) is 16.1 Å². The minimum absolute atomic E-state index is 0.00546. The number of anilines is 1. The van der Waals surface area contributed by atoms with Gasteiger partial charge in [0.15, 0.2) is 10.8 Å². The Kier molecular flexibility index (Phi) is 7.04. The molecule has 0 saturated carbocycles. The first-order valence-corrected chi connectivity index (χ1v) is 13.0. The molecule has 0 spiro atoms. The van der Waals surface area contributed by atoms with Crippen molar-refractivity contribution in [3.8, 4) is 0 Å². The summed E-state index contributed by atoms with van der Waals surface area (Å²) >= 11 is 5.68. The number of nitrogens with two attached hydrogens (primary N) is 1. The Morgan fingerprint density at radius 3 is 2.91 bits per heavy atom. The average Bonchev–Trinajstić information content (AvgIpc) is 3.42. The summed E-state index contributed by atoms with van der Waals surface area (Å²) in [5.74, 6) is 0.240. The van der Waals surface area contributed by atoms with E-state index >= 15 is 0 Å². The van der Waals surface area contributed by atoms with Gasteiger partial charge in [0.25, 0.3) is 11.8 Å². The van der Waals surface area contributed by atoms with E-state index in [1.807, 2.05) is 0 Å². The minimum atomic E-state index is -1.51. The summed E-state index contributed by atoms with van der Waals surface area (Å²) in [5, 5.41) is 20.1. The van der Waals surface area contributed by atoms with E-state index in [-0.39, 0.29) is 27.1 Å². The number of carbonyl (C=O) groups excluding carboxylic acids is 2. The van der Waals surface area contributed by atoms with Crippen LogP contribution in [0.3, 0.4) is 0 Å². The number of oxime groups is 1. The molecule has 3 aliphatic rings. The number of ether oxygens (including phenoxy) is 1. The first-order valence-electron chi connectivity index (χ1n) is 9.12. The van der Waals surface area contributed by atoms with E-state index in [4.69, 9.17) is 15.3 Å². The van der Waals surface area contributed by atoms with Gasteiger partial charge in [-0.2, -0.15) is 0 Å². The van der Waals surface area contributed by atoms with Crippen LogP contribution in [0.4, 0.5) is 9.93 Å². The molecule has 1 unspecified atom stereocenters. The predicted molar refractivity (Wildman–Crippen MR) is 123 cm³/mol. The second-order valence-electron chi connectivity index (χ2n) is 6.43. The van der Waals surface area contributed by atoms with Gasteiger partial charge in [0, 0.05) is 23.4 Å². The Hall–Kier alpha value is -2.14. The zero-order chi connectivity index (χ0) is 22.8. The van der Waals surface area contributed by atoms with Crippen LogP contribution in [0.2, 0.25) is 0 Å². The average molecular weight is 519 g/mol. The highest BCUT2D eigenvalue weighted by Crippen LogP contribution is 2.46. The van der Waals surface area contributed by atoms with Crippen LogP contribution >= 0.6 is 46.6 Å². The van der Waals surface area contributed by atoms with Crippen molar-refractivity contribution in [3.05, 3.63) is 21.9 Å². The molecule has 0 bridgehead atoms. The number of amides is 2. The van der Waals surface area contributed by atoms with Crippen LogP contribution in [0.15, 0.2) is 21.3 Å². The van der Waals surface area contributed by atoms with Crippen molar-refractivity contribution < 1.29 is 29.1 Å². The van der Waals surface area contributed by atoms with E-state index in [9.17, 15) is 19.5 Å². The highest BCUT2D eigenvalue weighted by Gasteiger charge is 2.54. The molecule has 172 valence electrons. The van der Waals surface area contributed by atoms with Crippen LogP contribution < -0.4 is 16.4 Å². The van der Waals surface area contributed by atoms with Gasteiger partial charge in [-0.25, -0.2) is 9.78 Å². The summed E-state index contributed by atoms with van der Waals surface area (Å²) < 4.78 is 5.04. The van der Waals surface area contributed by atoms with Gasteiger partial charge in [0.2, 0.25) is 5.88 Å². The second-order valence-corrected chi connectivity index (χ2v) is 11.1. The molecule has 12 nitrogen and oxygen atoms in total. The number of carboxylic acid groups (broad SMARTS) is 1. The standard InChI is InChI=1S/C16H18N6O6S4/c1-27-21-8(6-4-31-14(17)19-6)10(23)20-9-11(24)22-12(28-16(25)26)7(5-30-13(9)22)32-15-18-2-3-29-15/h4,9,13,15,18H,2-3,5H2,1H3,(H2,17,19)(H,20,23)(H,25,26)/t9-,13+,15?/m1/s1. The topological polar surface area (TPSA) is 168 Å². The molecule has 3 atom stereocenters. The predicted octanol–water partition coefficient (Wildman–Crippen LogP) is 0.693. The van der Waals surface area contributed by atoms with E-state index < -0.39 is 29.4 Å². The maximum absolute atomic E-state index is 12.9. The quantitative estimate of drug-likeness (QED) is 0.173. The molecule has 0 radical (unpaired) electrons. The van der Waals surface area contributed by atoms with Crippen LogP contribution in [-0.2, 0) is 19.2 Å². The summed E-state index contributed by atoms with van der Waals surface area (Å²) in [6.45, 7) is 0.854. The zero-order valence-corrected chi connectivity index (χ0v) is 19.7. The molecular weight excluding hydrogens is 500 g/mol. The van der Waals surface area contributed by atoms with E-state index in [2.05, 4.69) is 20.8 Å². The largest absolute Gasteiger partial charge is 0.512 e. The monoisotopic (exact) mass is 518 g/mol. The Balaban J connectivity index is 1.50. The lowest BCUT2D eigenvalue weighted by Crippen LogP contribution is -2.70. The van der Waals surface area contributed by atoms with Gasteiger partial charge in [0.05, 0.1) is 4.91 Å². The molecule has 32 heavy (non-hydrogen) atoms. The Morgan fingerprint density at radius 1 is 1.47 bits per heavy atom. The molecule has 2 amide bonds. The smallest absolute Gasteiger partial charge is 0.449 e. The van der Waals surface area contributed by atoms with Crippen molar-refractivity contribution in [1.29, 1.82) is 0 Å². The maximum atomic E-state index is 12.9. The number of fused-ring (bicyclic) bond motifs is 1. The van der Waals surface area contributed by atoms with Crippen LogP contribution in [0.5, 0.6) is 0 Å². The molecule has 1 aromatic rings. The number of nitrogens with one attached hydrogen (secondary N) is 2. The van der Waals surface area contributed by atoms with Crippen molar-refractivity contribution in [2.75, 3.05) is 30.9 Å². The minimum Gasteiger partial charge on any atom is -0.449 e. The summed E-state index contributed by atoms with van der Waals surface area (Å²) in [6, 6.07) is -0.886. The van der Waals surface area contributed by atoms with Gasteiger partial charge in [-0.05, 0) is 0 Å². The Bertz CT molecular complexity index is 993. The molecule has 0 aliphatic carbocycles. The molecule has 1 aromatic heterocycles. The van der Waals surface area contributed by atoms with Gasteiger partial charge in [0.1, 0.15) is 28.9 Å². The summed E-state index contributed by atoms with van der Waals surface area (Å²) in [5.41, 5.74) is 5.73. The van der Waals surface area contributed by atoms with Gasteiger partial charge in [-0.1, -0.05) is 16.9 Å². The second kappa shape index (κ2) is 9.78. The lowest BCUT2D eigenvalue weighted by molar-refractivity contribution is -0.148. The van der Waals surface area contributed by atoms with Gasteiger partial charge in [-0.3, -0.25) is 19.8 Å². The van der Waals surface area contributed by atoms with Crippen LogP contribution in [0.1, 0.15) is 5.69 Å². The van der Waals surface area contributed by atoms with Crippen molar-refractivity contribution in [3.63, 3.8) is 0 Å². The third-order valence-electron chi connectivity index (χ3n) is 4.45. The molecule has 2 saturated heterocycles. The lowest BCUT2D eigenvalue weighted by atomic mass is 10.1. The lowest BCUT2D eigenvalue weighted by Gasteiger charge is -2.49. The zero-order valence-electron chi connectivity index (χ0n) is 16.5. The number of aromatic nitrogens is 1. The first-order chi connectivity index (χ1) is 15.4. The molecule has 0 aromatic carbocycles. The number of rotatable bonds is 7. The number of hydrogen-bond acceptors (Lipinski definition) is 13. The van der Waals surface area contributed by atoms with Crippen molar-refractivity contribution >= 4 is 75.4 Å². The summed E-state index contributed by atoms with van der Waals surface area (Å²) in [7, 11) is 1.28. The molecule has 3 aliphatic heterocycles. The van der Waals surface area contributed by atoms with Gasteiger partial charge in [-0.15, -0.1) is 34.9 Å². The molecule has 2 fully saturated rings. The molecule has 4 heterocycles. The molecular formula is C16H18N6O6S4. The summed E-state index contributed by atoms with van der Waals surface area (Å²) in [4.78, 5) is 47.6. The van der Waals surface area contributed by atoms with Gasteiger partial charge >= 0.3 is 6.16 Å². The van der Waals surface area contributed by atoms with Crippen LogP contribution in [0, 0.1) is 0 Å². The Morgan fingerprint density at radius 2 is 2.28 bits per heavy atom. The fourth-order valence-electron chi connectivity index (χ4n) is 3.12. The normalized spacial score (nSPS) is 25.3. The number of thioether (sulfide) groups is 3. The van der Waals surface area contributed by atoms with Crippen molar-refractivity contribution in [1.82, 2.24) is 20.5 Å². The molecule has 16 heteroatoms. The number of nitrogen functional groups attached to an aromatic ring is 1. The third kappa shape index (κ3) is 4.63.